The number of hydrogen-bond acceptors (Lipinski definition) is 5. The number of carbonyl (C=O) groups excluding carboxylic acids is 3. The molecule has 0 aromatic heterocycles. The first-order chi connectivity index (χ1) is 20.3. The topological polar surface area (TPSA) is 108 Å². The Morgan fingerprint density at radius 2 is 1.64 bits per heavy atom. The van der Waals surface area contributed by atoms with Gasteiger partial charge in [-0.15, -0.1) is 0 Å². The van der Waals surface area contributed by atoms with Crippen molar-refractivity contribution in [2.75, 3.05) is 17.2 Å². The van der Waals surface area contributed by atoms with E-state index in [4.69, 9.17) is 16.3 Å². The minimum Gasteiger partial charge on any atom is -0.394 e. The number of nitrogens with one attached hydrogen (secondary N) is 2. The Hall–Kier alpha value is -3.72. The predicted octanol–water partition coefficient (Wildman–Crippen LogP) is 4.68. The van der Waals surface area contributed by atoms with Gasteiger partial charge in [-0.2, -0.15) is 0 Å². The average molecular weight is 588 g/mol. The van der Waals surface area contributed by atoms with Crippen molar-refractivity contribution in [2.24, 2.45) is 11.8 Å². The third kappa shape index (κ3) is 4.58. The zero-order valence-electron chi connectivity index (χ0n) is 23.3. The van der Waals surface area contributed by atoms with Crippen molar-refractivity contribution in [2.45, 2.75) is 55.9 Å². The second kappa shape index (κ2) is 11.2. The normalized spacial score (nSPS) is 28.4. The van der Waals surface area contributed by atoms with Gasteiger partial charge >= 0.3 is 0 Å². The number of aliphatic hydroxyl groups excluding tert-OH is 1. The van der Waals surface area contributed by atoms with Crippen LogP contribution in [-0.2, 0) is 25.5 Å². The SMILES string of the molecule is CC[C@]12CCC3(O1)C(C(=O)Nc1ccccc1Cl)N([C@@H](CO)Cc1ccccc1)C(=O)[C@@H]3[C@H]2C(=O)Nc1ccccc1. The third-order valence-corrected chi connectivity index (χ3v) is 9.57. The average Bonchev–Trinajstić information content (AvgIpc) is 3.61. The Labute approximate surface area is 250 Å². The van der Waals surface area contributed by atoms with Gasteiger partial charge < -0.3 is 25.4 Å². The Balaban J connectivity index is 1.42. The molecule has 0 saturated carbocycles. The summed E-state index contributed by atoms with van der Waals surface area (Å²) in [7, 11) is 0. The molecule has 6 atom stereocenters. The van der Waals surface area contributed by atoms with Crippen LogP contribution in [0.2, 0.25) is 5.02 Å². The van der Waals surface area contributed by atoms with Crippen molar-refractivity contribution in [3.05, 3.63) is 95.5 Å². The van der Waals surface area contributed by atoms with Gasteiger partial charge in [0, 0.05) is 5.69 Å². The molecule has 9 heteroatoms. The minimum absolute atomic E-state index is 0.307. The molecule has 1 spiro atoms. The zero-order valence-corrected chi connectivity index (χ0v) is 24.1. The van der Waals surface area contributed by atoms with Crippen LogP contribution in [0.1, 0.15) is 31.7 Å². The molecular weight excluding hydrogens is 554 g/mol. The molecule has 3 aromatic carbocycles. The van der Waals surface area contributed by atoms with Crippen molar-refractivity contribution in [1.29, 1.82) is 0 Å². The van der Waals surface area contributed by atoms with Crippen LogP contribution in [0, 0.1) is 11.8 Å². The van der Waals surface area contributed by atoms with Gasteiger partial charge in [-0.25, -0.2) is 0 Å². The van der Waals surface area contributed by atoms with Crippen molar-refractivity contribution in [1.82, 2.24) is 4.90 Å². The number of amides is 3. The van der Waals surface area contributed by atoms with Crippen LogP contribution in [0.5, 0.6) is 0 Å². The number of likely N-dealkylation sites (tertiary alicyclic amines) is 1. The van der Waals surface area contributed by atoms with Crippen LogP contribution in [0.4, 0.5) is 11.4 Å². The van der Waals surface area contributed by atoms with Crippen LogP contribution in [0.3, 0.4) is 0 Å². The maximum atomic E-state index is 14.6. The van der Waals surface area contributed by atoms with Gasteiger partial charge in [-0.05, 0) is 55.5 Å². The Kier molecular flexibility index (Phi) is 7.55. The van der Waals surface area contributed by atoms with Crippen molar-refractivity contribution in [3.8, 4) is 0 Å². The molecule has 8 nitrogen and oxygen atoms in total. The van der Waals surface area contributed by atoms with E-state index >= 15 is 0 Å². The number of halogens is 1. The number of nitrogens with zero attached hydrogens (tertiary/aromatic N) is 1. The Morgan fingerprint density at radius 1 is 0.976 bits per heavy atom. The first-order valence-electron chi connectivity index (χ1n) is 14.4. The summed E-state index contributed by atoms with van der Waals surface area (Å²) >= 11 is 6.39. The maximum absolute atomic E-state index is 14.6. The number of rotatable bonds is 9. The van der Waals surface area contributed by atoms with E-state index in [0.29, 0.717) is 42.1 Å². The number of para-hydroxylation sites is 2. The summed E-state index contributed by atoms with van der Waals surface area (Å²) in [6, 6.07) is 23.8. The van der Waals surface area contributed by atoms with Gasteiger partial charge in [-0.3, -0.25) is 14.4 Å². The van der Waals surface area contributed by atoms with Crippen molar-refractivity contribution < 1.29 is 24.2 Å². The van der Waals surface area contributed by atoms with Gasteiger partial charge in [0.15, 0.2) is 0 Å². The van der Waals surface area contributed by atoms with E-state index in [1.165, 1.54) is 4.90 Å². The van der Waals surface area contributed by atoms with E-state index in [9.17, 15) is 19.5 Å². The molecule has 3 amide bonds. The fourth-order valence-electron chi connectivity index (χ4n) is 7.39. The predicted molar refractivity (Wildman–Crippen MR) is 160 cm³/mol. The lowest BCUT2D eigenvalue weighted by Gasteiger charge is -2.37. The van der Waals surface area contributed by atoms with E-state index in [1.54, 1.807) is 36.4 Å². The molecule has 3 aliphatic rings. The zero-order chi connectivity index (χ0) is 29.5. The molecule has 218 valence electrons. The van der Waals surface area contributed by atoms with Gasteiger partial charge in [0.05, 0.1) is 40.8 Å². The second-order valence-electron chi connectivity index (χ2n) is 11.4. The van der Waals surface area contributed by atoms with Crippen LogP contribution in [-0.4, -0.2) is 57.6 Å². The molecule has 3 aromatic rings. The highest BCUT2D eigenvalue weighted by atomic mass is 35.5. The highest BCUT2D eigenvalue weighted by Crippen LogP contribution is 2.64. The van der Waals surface area contributed by atoms with Crippen LogP contribution in [0.25, 0.3) is 0 Å². The standard InChI is InChI=1S/C33H34ClN3O5/c1-2-32-17-18-33(42-32)27(26(32)29(39)35-22-13-7-4-8-14-22)31(41)37(23(20-38)19-21-11-5-3-6-12-21)28(33)30(40)36-25-16-10-9-15-24(25)34/h3-16,23,26-28,38H,2,17-20H2,1H3,(H,35,39)(H,36,40)/t23-,26+,27+,28?,32-,33?/m1/s1. The fourth-order valence-corrected chi connectivity index (χ4v) is 7.57. The van der Waals surface area contributed by atoms with Crippen molar-refractivity contribution in [3.63, 3.8) is 0 Å². The number of fused-ring (bicyclic) bond motifs is 1. The molecule has 3 N–H and O–H groups in total. The third-order valence-electron chi connectivity index (χ3n) is 9.24. The lowest BCUT2D eigenvalue weighted by atomic mass is 9.65. The fraction of sp³-hybridized carbons (Fsp3) is 0.364. The largest absolute Gasteiger partial charge is 0.394 e. The molecule has 2 bridgehead atoms. The number of carbonyl (C=O) groups is 3. The van der Waals surface area contributed by atoms with Crippen LogP contribution in [0.15, 0.2) is 84.9 Å². The monoisotopic (exact) mass is 587 g/mol. The Bertz CT molecular complexity index is 1490. The smallest absolute Gasteiger partial charge is 0.250 e. The number of ether oxygens (including phenoxy) is 1. The molecular formula is C33H34ClN3O5. The molecule has 3 aliphatic heterocycles. The lowest BCUT2D eigenvalue weighted by molar-refractivity contribution is -0.148. The number of benzene rings is 3. The van der Waals surface area contributed by atoms with Gasteiger partial charge in [0.1, 0.15) is 11.6 Å². The number of anilines is 2. The van der Waals surface area contributed by atoms with E-state index in [1.807, 2.05) is 55.5 Å². The second-order valence-corrected chi connectivity index (χ2v) is 11.8. The minimum atomic E-state index is -1.23. The first kappa shape index (κ1) is 28.4. The van der Waals surface area contributed by atoms with Crippen LogP contribution >= 0.6 is 11.6 Å². The molecule has 0 aliphatic carbocycles. The summed E-state index contributed by atoms with van der Waals surface area (Å²) in [6.45, 7) is 1.59. The molecule has 3 saturated heterocycles. The summed E-state index contributed by atoms with van der Waals surface area (Å²) in [6.07, 6.45) is 1.82. The van der Waals surface area contributed by atoms with E-state index < -0.39 is 41.0 Å². The van der Waals surface area contributed by atoms with E-state index in [2.05, 4.69) is 10.6 Å². The number of hydrogen-bond donors (Lipinski definition) is 3. The quantitative estimate of drug-likeness (QED) is 0.337. The lowest BCUT2D eigenvalue weighted by Crippen LogP contribution is -2.57. The molecule has 3 fully saturated rings. The molecule has 0 radical (unpaired) electrons. The van der Waals surface area contributed by atoms with Gasteiger partial charge in [0.2, 0.25) is 17.7 Å². The molecule has 6 rings (SSSR count). The summed E-state index contributed by atoms with van der Waals surface area (Å²) in [5.41, 5.74) is -0.170. The number of aliphatic hydroxyl groups is 1. The first-order valence-corrected chi connectivity index (χ1v) is 14.8. The summed E-state index contributed by atoms with van der Waals surface area (Å²) in [5, 5.41) is 16.9. The van der Waals surface area contributed by atoms with Gasteiger partial charge in [-0.1, -0.05) is 79.2 Å². The highest BCUT2D eigenvalue weighted by Gasteiger charge is 2.79. The maximum Gasteiger partial charge on any atom is 0.250 e. The molecule has 3 heterocycles. The Morgan fingerprint density at radius 3 is 2.31 bits per heavy atom. The van der Waals surface area contributed by atoms with E-state index in [-0.39, 0.29) is 18.4 Å². The summed E-state index contributed by atoms with van der Waals surface area (Å²) < 4.78 is 6.84. The van der Waals surface area contributed by atoms with Crippen molar-refractivity contribution >= 4 is 40.7 Å². The van der Waals surface area contributed by atoms with E-state index in [0.717, 1.165) is 5.56 Å². The summed E-state index contributed by atoms with van der Waals surface area (Å²) in [5.74, 6) is -2.81. The highest BCUT2D eigenvalue weighted by molar-refractivity contribution is 6.33. The summed E-state index contributed by atoms with van der Waals surface area (Å²) in [4.78, 5) is 44.3. The van der Waals surface area contributed by atoms with Gasteiger partial charge in [0.25, 0.3) is 0 Å². The molecule has 2 unspecified atom stereocenters. The molecule has 42 heavy (non-hydrogen) atoms. The van der Waals surface area contributed by atoms with Crippen LogP contribution < -0.4 is 10.6 Å².